The van der Waals surface area contributed by atoms with E-state index in [0.29, 0.717) is 24.4 Å². The van der Waals surface area contributed by atoms with Crippen LogP contribution in [0, 0.1) is 34.5 Å². The molecule has 3 fully saturated rings. The highest BCUT2D eigenvalue weighted by atomic mass is 16.7. The Balaban J connectivity index is 1.63. The zero-order chi connectivity index (χ0) is 27.1. The van der Waals surface area contributed by atoms with Crippen LogP contribution in [0.3, 0.4) is 0 Å². The van der Waals surface area contributed by atoms with Gasteiger partial charge in [0.25, 0.3) is 5.91 Å². The number of hydrogen-bond donors (Lipinski definition) is 1. The predicted molar refractivity (Wildman–Crippen MR) is 138 cm³/mol. The summed E-state index contributed by atoms with van der Waals surface area (Å²) in [5.41, 5.74) is 1.36. The molecule has 0 saturated heterocycles. The lowest BCUT2D eigenvalue weighted by Crippen LogP contribution is -2.56. The molecule has 8 heteroatoms. The normalized spacial score (nSPS) is 37.1. The molecule has 0 bridgehead atoms. The van der Waals surface area contributed by atoms with Crippen LogP contribution in [0.25, 0.3) is 0 Å². The largest absolute Gasteiger partial charge is 0.465 e. The molecule has 4 aliphatic rings. The van der Waals surface area contributed by atoms with E-state index in [-0.39, 0.29) is 46.6 Å². The summed E-state index contributed by atoms with van der Waals surface area (Å²) in [6.45, 7) is 10.5. The van der Waals surface area contributed by atoms with E-state index in [9.17, 15) is 19.2 Å². The minimum absolute atomic E-state index is 0.0373. The monoisotopic (exact) mass is 516 g/mol. The molecule has 0 heterocycles. The third kappa shape index (κ3) is 5.05. The molecule has 0 aromatic rings. The maximum atomic E-state index is 12.5. The van der Waals surface area contributed by atoms with Gasteiger partial charge in [-0.1, -0.05) is 18.6 Å². The number of allylic oxidation sites excluding steroid dienone is 1. The Bertz CT molecular complexity index is 977. The van der Waals surface area contributed by atoms with Gasteiger partial charge < -0.3 is 14.9 Å². The summed E-state index contributed by atoms with van der Waals surface area (Å²) in [6, 6.07) is -0.0903. The number of ether oxygens (including phenoxy) is 1. The van der Waals surface area contributed by atoms with Crippen LogP contribution < -0.4 is 5.32 Å². The number of hydrogen-bond acceptors (Lipinski definition) is 6. The van der Waals surface area contributed by atoms with E-state index in [4.69, 9.17) is 9.57 Å². The lowest BCUT2D eigenvalue weighted by Gasteiger charge is -2.59. The molecule has 1 N–H and O–H groups in total. The molecule has 4 rings (SSSR count). The fourth-order valence-corrected chi connectivity index (χ4v) is 8.90. The molecule has 0 unspecified atom stereocenters. The van der Waals surface area contributed by atoms with Gasteiger partial charge in [0.15, 0.2) is 0 Å². The summed E-state index contributed by atoms with van der Waals surface area (Å²) in [5.74, 6) is 0.404. The quantitative estimate of drug-likeness (QED) is 0.332. The Morgan fingerprint density at radius 1 is 1.03 bits per heavy atom. The average molecular weight is 517 g/mol. The summed E-state index contributed by atoms with van der Waals surface area (Å²) in [6.07, 6.45) is 10.3. The first kappa shape index (κ1) is 27.6. The maximum Gasteiger partial charge on any atom is 0.329 e. The standard InChI is InChI=1S/C29H44N2O6/c1-17(31(19(3)33)37-21(5)35)25-9-10-27-24-8-7-22-15-23(30-18(2)32)11-13-28(22,6)26(24)12-14-29(25,27)16-36-20(4)34/h7,17,23-27H,8-16H2,1-6H3,(H,30,32)/t17-,23-,24+,25+,26-,27-,28-,29-/m0/s1. The van der Waals surface area contributed by atoms with Crippen molar-refractivity contribution in [1.29, 1.82) is 0 Å². The van der Waals surface area contributed by atoms with E-state index >= 15 is 0 Å². The van der Waals surface area contributed by atoms with Crippen LogP contribution in [0.4, 0.5) is 0 Å². The van der Waals surface area contributed by atoms with Crippen LogP contribution in [0.2, 0.25) is 0 Å². The van der Waals surface area contributed by atoms with E-state index in [2.05, 4.69) is 18.3 Å². The summed E-state index contributed by atoms with van der Waals surface area (Å²) >= 11 is 0. The van der Waals surface area contributed by atoms with Gasteiger partial charge in [-0.05, 0) is 87.4 Å². The molecule has 0 aliphatic heterocycles. The lowest BCUT2D eigenvalue weighted by atomic mass is 9.46. The van der Waals surface area contributed by atoms with Crippen LogP contribution in [0.15, 0.2) is 11.6 Å². The molecular formula is C29H44N2O6. The van der Waals surface area contributed by atoms with E-state index in [1.165, 1.54) is 31.4 Å². The first-order chi connectivity index (χ1) is 17.4. The highest BCUT2D eigenvalue weighted by molar-refractivity contribution is 5.75. The van der Waals surface area contributed by atoms with Crippen molar-refractivity contribution in [2.24, 2.45) is 34.5 Å². The van der Waals surface area contributed by atoms with E-state index in [1.807, 2.05) is 6.92 Å². The van der Waals surface area contributed by atoms with Crippen molar-refractivity contribution in [1.82, 2.24) is 10.4 Å². The smallest absolute Gasteiger partial charge is 0.329 e. The first-order valence-corrected chi connectivity index (χ1v) is 14.0. The number of carbonyl (C=O) groups is 4. The second kappa shape index (κ2) is 10.4. The number of rotatable bonds is 5. The van der Waals surface area contributed by atoms with Gasteiger partial charge in [0.2, 0.25) is 5.91 Å². The van der Waals surface area contributed by atoms with E-state index < -0.39 is 5.97 Å². The van der Waals surface area contributed by atoms with Gasteiger partial charge in [0, 0.05) is 39.2 Å². The molecule has 37 heavy (non-hydrogen) atoms. The number of amides is 2. The van der Waals surface area contributed by atoms with Gasteiger partial charge in [-0.3, -0.25) is 19.2 Å². The Hall–Kier alpha value is -2.38. The molecule has 0 aromatic carbocycles. The number of esters is 1. The third-order valence-corrected chi connectivity index (χ3v) is 10.3. The molecule has 0 aromatic heterocycles. The first-order valence-electron chi connectivity index (χ1n) is 14.0. The number of carbonyl (C=O) groups excluding carboxylic acids is 4. The molecule has 0 spiro atoms. The molecule has 2 amide bonds. The van der Waals surface area contributed by atoms with Crippen LogP contribution in [-0.4, -0.2) is 47.5 Å². The Morgan fingerprint density at radius 3 is 2.38 bits per heavy atom. The van der Waals surface area contributed by atoms with Crippen molar-refractivity contribution in [3.63, 3.8) is 0 Å². The minimum atomic E-state index is -0.512. The van der Waals surface area contributed by atoms with Gasteiger partial charge in [0.05, 0.1) is 12.6 Å². The number of nitrogens with zero attached hydrogens (tertiary/aromatic N) is 1. The van der Waals surface area contributed by atoms with E-state index in [0.717, 1.165) is 51.4 Å². The molecule has 4 aliphatic carbocycles. The van der Waals surface area contributed by atoms with Crippen molar-refractivity contribution in [2.75, 3.05) is 6.61 Å². The van der Waals surface area contributed by atoms with Crippen molar-refractivity contribution < 1.29 is 28.8 Å². The molecule has 0 radical (unpaired) electrons. The fraction of sp³-hybridized carbons (Fsp3) is 0.793. The number of hydroxylamine groups is 2. The van der Waals surface area contributed by atoms with Crippen LogP contribution in [-0.2, 0) is 28.8 Å². The summed E-state index contributed by atoms with van der Waals surface area (Å²) in [4.78, 5) is 53.2. The van der Waals surface area contributed by atoms with Gasteiger partial charge in [-0.15, -0.1) is 0 Å². The fourth-order valence-electron chi connectivity index (χ4n) is 8.90. The van der Waals surface area contributed by atoms with Gasteiger partial charge in [0.1, 0.15) is 0 Å². The average Bonchev–Trinajstić information content (AvgIpc) is 3.20. The SMILES string of the molecule is CC(=O)N[C@H]1CC[C@@]2(C)C(=CC[C@H]3[C@@H]4CC[C@H]([C@H](C)N(OC(C)=O)C(C)=O)[C@@]4(COC(C)=O)CC[C@@H]32)C1. The second-order valence-corrected chi connectivity index (χ2v) is 12.3. The van der Waals surface area contributed by atoms with Crippen LogP contribution in [0.1, 0.15) is 92.9 Å². The second-order valence-electron chi connectivity index (χ2n) is 12.3. The number of fused-ring (bicyclic) bond motifs is 5. The van der Waals surface area contributed by atoms with Gasteiger partial charge >= 0.3 is 11.9 Å². The van der Waals surface area contributed by atoms with E-state index in [1.54, 1.807) is 6.92 Å². The molecule has 8 atom stereocenters. The van der Waals surface area contributed by atoms with Crippen molar-refractivity contribution in [3.05, 3.63) is 11.6 Å². The summed E-state index contributed by atoms with van der Waals surface area (Å²) in [5, 5.41) is 4.37. The molecule has 206 valence electrons. The zero-order valence-electron chi connectivity index (χ0n) is 23.3. The van der Waals surface area contributed by atoms with Crippen molar-refractivity contribution >= 4 is 23.8 Å². The minimum Gasteiger partial charge on any atom is -0.465 e. The summed E-state index contributed by atoms with van der Waals surface area (Å²) < 4.78 is 5.74. The van der Waals surface area contributed by atoms with Crippen molar-refractivity contribution in [2.45, 2.75) is 105 Å². The number of nitrogens with one attached hydrogen (secondary N) is 1. The van der Waals surface area contributed by atoms with Crippen LogP contribution in [0.5, 0.6) is 0 Å². The van der Waals surface area contributed by atoms with Crippen LogP contribution >= 0.6 is 0 Å². The molecular weight excluding hydrogens is 472 g/mol. The maximum absolute atomic E-state index is 12.5. The predicted octanol–water partition coefficient (Wildman–Crippen LogP) is 4.33. The third-order valence-electron chi connectivity index (χ3n) is 10.3. The Kier molecular flexibility index (Phi) is 7.78. The topological polar surface area (TPSA) is 102 Å². The highest BCUT2D eigenvalue weighted by Crippen LogP contribution is 2.67. The highest BCUT2D eigenvalue weighted by Gasteiger charge is 2.62. The van der Waals surface area contributed by atoms with Crippen molar-refractivity contribution in [3.8, 4) is 0 Å². The molecule has 3 saturated carbocycles. The zero-order valence-corrected chi connectivity index (χ0v) is 23.3. The summed E-state index contributed by atoms with van der Waals surface area (Å²) in [7, 11) is 0. The Labute approximate surface area is 220 Å². The Morgan fingerprint density at radius 2 is 1.76 bits per heavy atom. The molecule has 8 nitrogen and oxygen atoms in total. The lowest BCUT2D eigenvalue weighted by molar-refractivity contribution is -0.213. The van der Waals surface area contributed by atoms with Gasteiger partial charge in [-0.25, -0.2) is 0 Å². The van der Waals surface area contributed by atoms with Gasteiger partial charge in [-0.2, -0.15) is 5.06 Å².